The molecule has 0 radical (unpaired) electrons. The summed E-state index contributed by atoms with van der Waals surface area (Å²) in [6.07, 6.45) is 0.750. The number of aryl methyl sites for hydroxylation is 1. The van der Waals surface area contributed by atoms with Crippen LogP contribution in [0.1, 0.15) is 42.4 Å². The number of nitrogens with zero attached hydrogens (tertiary/aromatic N) is 3. The summed E-state index contributed by atoms with van der Waals surface area (Å²) < 4.78 is 41.4. The molecule has 4 rings (SSSR count). The van der Waals surface area contributed by atoms with Crippen molar-refractivity contribution >= 4 is 44.7 Å². The molecule has 3 aromatic rings. The van der Waals surface area contributed by atoms with Gasteiger partial charge in [-0.3, -0.25) is 18.9 Å². The summed E-state index contributed by atoms with van der Waals surface area (Å²) in [7, 11) is 0.234. The van der Waals surface area contributed by atoms with E-state index in [-0.39, 0.29) is 18.1 Å². The van der Waals surface area contributed by atoms with Gasteiger partial charge < -0.3 is 15.3 Å². The van der Waals surface area contributed by atoms with Crippen molar-refractivity contribution in [2.24, 2.45) is 4.99 Å². The second-order valence-electron chi connectivity index (χ2n) is 10.5. The molecular weight excluding hydrogens is 559 g/mol. The van der Waals surface area contributed by atoms with Gasteiger partial charge in [-0.2, -0.15) is 0 Å². The van der Waals surface area contributed by atoms with Gasteiger partial charge in [0.05, 0.1) is 22.8 Å². The standard InChI is InChI=1S/C31H35FN4O5S/c1-4-18-42(40,41)36(17-16-35(2)3)25-12-10-24(11-13-25)33-30(22-7-5-6-21(19-22)8-15-28(37)38)29-26-14-9-23(32)20-27(26)34-31(29)39/h5-7,9-14,19-20,29H,4,8,15-18H2,1-3H3,(H,34,39)(H,37,38). The van der Waals surface area contributed by atoms with Crippen molar-refractivity contribution in [1.82, 2.24) is 4.90 Å². The monoisotopic (exact) mass is 594 g/mol. The number of carbonyl (C=O) groups is 2. The van der Waals surface area contributed by atoms with Crippen molar-refractivity contribution < 1.29 is 27.5 Å². The zero-order valence-corrected chi connectivity index (χ0v) is 24.7. The maximum atomic E-state index is 13.9. The molecule has 42 heavy (non-hydrogen) atoms. The smallest absolute Gasteiger partial charge is 0.303 e. The van der Waals surface area contributed by atoms with Gasteiger partial charge in [-0.25, -0.2) is 12.8 Å². The van der Waals surface area contributed by atoms with Crippen LogP contribution in [0, 0.1) is 5.82 Å². The number of amides is 1. The molecule has 0 saturated heterocycles. The number of nitrogens with one attached hydrogen (secondary N) is 1. The Balaban J connectivity index is 1.77. The number of carbonyl (C=O) groups excluding carboxylic acids is 1. The van der Waals surface area contributed by atoms with Crippen LogP contribution < -0.4 is 9.62 Å². The number of carboxylic acid groups (broad SMARTS) is 1. The fourth-order valence-electron chi connectivity index (χ4n) is 4.86. The molecule has 1 atom stereocenters. The number of likely N-dealkylation sites (N-methyl/N-ethyl adjacent to an activating group) is 1. The van der Waals surface area contributed by atoms with Crippen LogP contribution in [0.15, 0.2) is 71.7 Å². The predicted octanol–water partition coefficient (Wildman–Crippen LogP) is 4.81. The van der Waals surface area contributed by atoms with E-state index in [2.05, 4.69) is 5.32 Å². The van der Waals surface area contributed by atoms with Gasteiger partial charge in [-0.1, -0.05) is 31.2 Å². The average molecular weight is 595 g/mol. The van der Waals surface area contributed by atoms with Gasteiger partial charge in [-0.15, -0.1) is 0 Å². The first-order chi connectivity index (χ1) is 20.0. The van der Waals surface area contributed by atoms with Gasteiger partial charge in [-0.05, 0) is 86.1 Å². The lowest BCUT2D eigenvalue weighted by Gasteiger charge is -2.26. The quantitative estimate of drug-likeness (QED) is 0.274. The zero-order valence-electron chi connectivity index (χ0n) is 23.9. The second-order valence-corrected chi connectivity index (χ2v) is 12.5. The van der Waals surface area contributed by atoms with Gasteiger partial charge in [0.2, 0.25) is 15.9 Å². The third-order valence-corrected chi connectivity index (χ3v) is 8.89. The lowest BCUT2D eigenvalue weighted by molar-refractivity contribution is -0.137. The van der Waals surface area contributed by atoms with Crippen molar-refractivity contribution in [2.75, 3.05) is 42.6 Å². The summed E-state index contributed by atoms with van der Waals surface area (Å²) >= 11 is 0. The third-order valence-electron chi connectivity index (χ3n) is 6.91. The molecule has 1 aliphatic heterocycles. The van der Waals surface area contributed by atoms with E-state index in [9.17, 15) is 22.4 Å². The fraction of sp³-hybridized carbons (Fsp3) is 0.323. The molecule has 0 spiro atoms. The lowest BCUT2D eigenvalue weighted by Crippen LogP contribution is -2.38. The Morgan fingerprint density at radius 2 is 1.79 bits per heavy atom. The SMILES string of the molecule is CCCS(=O)(=O)N(CCN(C)C)c1ccc(N=C(c2cccc(CCC(=O)O)c2)C2C(=O)Nc3cc(F)ccc32)cc1. The highest BCUT2D eigenvalue weighted by Gasteiger charge is 2.36. The van der Waals surface area contributed by atoms with Crippen molar-refractivity contribution in [2.45, 2.75) is 32.1 Å². The summed E-state index contributed by atoms with van der Waals surface area (Å²) in [5.74, 6) is -2.56. The van der Waals surface area contributed by atoms with Gasteiger partial charge in [0.15, 0.2) is 0 Å². The lowest BCUT2D eigenvalue weighted by atomic mass is 9.89. The summed E-state index contributed by atoms with van der Waals surface area (Å²) in [5, 5.41) is 11.9. The minimum Gasteiger partial charge on any atom is -0.481 e. The van der Waals surface area contributed by atoms with E-state index in [1.54, 1.807) is 42.5 Å². The van der Waals surface area contributed by atoms with Crippen LogP contribution in [0.5, 0.6) is 0 Å². The summed E-state index contributed by atoms with van der Waals surface area (Å²) in [6.45, 7) is 2.66. The number of halogens is 1. The molecule has 2 N–H and O–H groups in total. The Hall–Kier alpha value is -4.09. The van der Waals surface area contributed by atoms with Crippen LogP contribution in [0.25, 0.3) is 0 Å². The molecule has 1 amide bonds. The number of aliphatic carboxylic acids is 1. The molecule has 0 aromatic heterocycles. The molecule has 1 unspecified atom stereocenters. The van der Waals surface area contributed by atoms with Crippen LogP contribution in [0.2, 0.25) is 0 Å². The first-order valence-corrected chi connectivity index (χ1v) is 15.3. The van der Waals surface area contributed by atoms with E-state index in [1.807, 2.05) is 38.1 Å². The number of hydrogen-bond acceptors (Lipinski definition) is 6. The molecule has 9 nitrogen and oxygen atoms in total. The van der Waals surface area contributed by atoms with E-state index in [0.717, 1.165) is 5.56 Å². The highest BCUT2D eigenvalue weighted by atomic mass is 32.2. The Kier molecular flexibility index (Phi) is 9.74. The second kappa shape index (κ2) is 13.3. The molecule has 0 bridgehead atoms. The third kappa shape index (κ3) is 7.40. The molecule has 0 saturated carbocycles. The van der Waals surface area contributed by atoms with E-state index in [0.29, 0.717) is 59.8 Å². The summed E-state index contributed by atoms with van der Waals surface area (Å²) in [6, 6.07) is 18.1. The molecule has 222 valence electrons. The first-order valence-electron chi connectivity index (χ1n) is 13.7. The van der Waals surface area contributed by atoms with E-state index >= 15 is 0 Å². The predicted molar refractivity (Wildman–Crippen MR) is 163 cm³/mol. The minimum atomic E-state index is -3.53. The van der Waals surface area contributed by atoms with Gasteiger partial charge >= 0.3 is 5.97 Å². The minimum absolute atomic E-state index is 0.0273. The summed E-state index contributed by atoms with van der Waals surface area (Å²) in [5.41, 5.74) is 3.76. The molecule has 1 aliphatic rings. The molecular formula is C31H35FN4O5S. The molecule has 11 heteroatoms. The Bertz CT molecular complexity index is 1590. The maximum Gasteiger partial charge on any atom is 0.303 e. The topological polar surface area (TPSA) is 119 Å². The number of rotatable bonds is 13. The van der Waals surface area contributed by atoms with Crippen molar-refractivity contribution in [1.29, 1.82) is 0 Å². The Morgan fingerprint density at radius 1 is 1.05 bits per heavy atom. The van der Waals surface area contributed by atoms with Crippen LogP contribution >= 0.6 is 0 Å². The highest BCUT2D eigenvalue weighted by molar-refractivity contribution is 7.92. The first kappa shape index (κ1) is 30.9. The fourth-order valence-corrected chi connectivity index (χ4v) is 6.40. The van der Waals surface area contributed by atoms with Gasteiger partial charge in [0.25, 0.3) is 0 Å². The summed E-state index contributed by atoms with van der Waals surface area (Å²) in [4.78, 5) is 31.1. The van der Waals surface area contributed by atoms with Crippen molar-refractivity contribution in [3.8, 4) is 0 Å². The number of fused-ring (bicyclic) bond motifs is 1. The van der Waals surface area contributed by atoms with Crippen molar-refractivity contribution in [3.05, 3.63) is 89.2 Å². The maximum absolute atomic E-state index is 13.9. The molecule has 0 aliphatic carbocycles. The number of hydrogen-bond donors (Lipinski definition) is 2. The Morgan fingerprint density at radius 3 is 2.45 bits per heavy atom. The molecule has 3 aromatic carbocycles. The highest BCUT2D eigenvalue weighted by Crippen LogP contribution is 2.37. The van der Waals surface area contributed by atoms with Gasteiger partial charge in [0, 0.05) is 25.2 Å². The number of anilines is 2. The number of sulfonamides is 1. The zero-order chi connectivity index (χ0) is 30.4. The normalized spacial score (nSPS) is 15.0. The van der Waals surface area contributed by atoms with Crippen LogP contribution in [0.4, 0.5) is 21.5 Å². The number of aliphatic imine (C=N–C) groups is 1. The largest absolute Gasteiger partial charge is 0.481 e. The number of carboxylic acids is 1. The van der Waals surface area contributed by atoms with Crippen LogP contribution in [-0.4, -0.2) is 69.0 Å². The van der Waals surface area contributed by atoms with E-state index < -0.39 is 27.7 Å². The molecule has 0 fully saturated rings. The average Bonchev–Trinajstić information content (AvgIpc) is 3.25. The van der Waals surface area contributed by atoms with E-state index in [4.69, 9.17) is 10.1 Å². The molecule has 1 heterocycles. The van der Waals surface area contributed by atoms with E-state index in [1.165, 1.54) is 16.4 Å². The Labute approximate surface area is 245 Å². The van der Waals surface area contributed by atoms with Gasteiger partial charge in [0.1, 0.15) is 11.7 Å². The van der Waals surface area contributed by atoms with Crippen LogP contribution in [0.3, 0.4) is 0 Å². The number of benzene rings is 3. The van der Waals surface area contributed by atoms with Crippen LogP contribution in [-0.2, 0) is 26.0 Å². The van der Waals surface area contributed by atoms with Crippen molar-refractivity contribution in [3.63, 3.8) is 0 Å².